The Morgan fingerprint density at radius 3 is 2.61 bits per heavy atom. The molecule has 184 valence electrons. The smallest absolute Gasteiger partial charge is 0.244 e. The lowest BCUT2D eigenvalue weighted by Gasteiger charge is -2.32. The molecule has 1 aromatic heterocycles. The number of aromatic amines is 1. The lowest BCUT2D eigenvalue weighted by atomic mass is 9.89. The molecule has 0 unspecified atom stereocenters. The first kappa shape index (κ1) is 24.6. The van der Waals surface area contributed by atoms with Gasteiger partial charge in [0.2, 0.25) is 5.91 Å². The number of carbonyl (C=O) groups is 1. The van der Waals surface area contributed by atoms with Crippen LogP contribution in [0, 0.1) is 0 Å². The maximum atomic E-state index is 12.3. The van der Waals surface area contributed by atoms with Gasteiger partial charge in [0, 0.05) is 36.3 Å². The summed E-state index contributed by atoms with van der Waals surface area (Å²) >= 11 is 12.0. The van der Waals surface area contributed by atoms with Gasteiger partial charge < -0.3 is 10.3 Å². The van der Waals surface area contributed by atoms with Crippen LogP contribution in [-0.4, -0.2) is 28.9 Å². The Labute approximate surface area is 221 Å². The number of hydrogen-bond donors (Lipinski definition) is 2. The third-order valence-electron chi connectivity index (χ3n) is 6.88. The van der Waals surface area contributed by atoms with E-state index in [1.165, 1.54) is 40.9 Å². The van der Waals surface area contributed by atoms with Gasteiger partial charge in [-0.05, 0) is 78.4 Å². The molecule has 0 saturated carbocycles. The van der Waals surface area contributed by atoms with E-state index in [9.17, 15) is 4.79 Å². The van der Waals surface area contributed by atoms with Gasteiger partial charge in [-0.3, -0.25) is 9.69 Å². The fourth-order valence-corrected chi connectivity index (χ4v) is 5.27. The van der Waals surface area contributed by atoms with Crippen molar-refractivity contribution in [2.75, 3.05) is 13.1 Å². The van der Waals surface area contributed by atoms with Crippen LogP contribution in [0.25, 0.3) is 17.0 Å². The van der Waals surface area contributed by atoms with Gasteiger partial charge in [0.1, 0.15) is 0 Å². The zero-order valence-electron chi connectivity index (χ0n) is 20.0. The van der Waals surface area contributed by atoms with E-state index in [-0.39, 0.29) is 5.91 Å². The van der Waals surface area contributed by atoms with Gasteiger partial charge in [-0.15, -0.1) is 0 Å². The van der Waals surface area contributed by atoms with Gasteiger partial charge >= 0.3 is 0 Å². The fourth-order valence-electron chi connectivity index (χ4n) is 4.97. The molecule has 2 heterocycles. The second kappa shape index (κ2) is 11.3. The molecule has 0 aliphatic carbocycles. The molecule has 3 aromatic carbocycles. The van der Waals surface area contributed by atoms with E-state index >= 15 is 0 Å². The molecule has 2 N–H and O–H groups in total. The Kier molecular flexibility index (Phi) is 7.76. The van der Waals surface area contributed by atoms with E-state index in [1.54, 1.807) is 18.2 Å². The highest BCUT2D eigenvalue weighted by Crippen LogP contribution is 2.33. The van der Waals surface area contributed by atoms with E-state index in [2.05, 4.69) is 69.9 Å². The fraction of sp³-hybridized carbons (Fsp3) is 0.233. The first-order valence-electron chi connectivity index (χ1n) is 12.3. The highest BCUT2D eigenvalue weighted by Gasteiger charge is 2.22. The van der Waals surface area contributed by atoms with Crippen LogP contribution in [0.2, 0.25) is 10.0 Å². The minimum atomic E-state index is -0.147. The molecular formula is C30H29Cl2N3O. The Hall–Kier alpha value is -3.05. The van der Waals surface area contributed by atoms with Crippen molar-refractivity contribution in [1.29, 1.82) is 0 Å². The SMILES string of the molecule is O=C(/C=C/c1ccc(Cl)c(Cl)c1)NCc1cccc(CN2CCC(c3c[nH]c4ccccc34)CC2)c1. The molecule has 0 spiro atoms. The summed E-state index contributed by atoms with van der Waals surface area (Å²) < 4.78 is 0. The summed E-state index contributed by atoms with van der Waals surface area (Å²) in [5.74, 6) is 0.460. The lowest BCUT2D eigenvalue weighted by molar-refractivity contribution is -0.116. The van der Waals surface area contributed by atoms with Crippen molar-refractivity contribution in [3.63, 3.8) is 0 Å². The van der Waals surface area contributed by atoms with Crippen molar-refractivity contribution in [1.82, 2.24) is 15.2 Å². The third-order valence-corrected chi connectivity index (χ3v) is 7.62. The molecule has 0 bridgehead atoms. The number of carbonyl (C=O) groups excluding carboxylic acids is 1. The minimum absolute atomic E-state index is 0.147. The number of H-pyrrole nitrogens is 1. The number of benzene rings is 3. The highest BCUT2D eigenvalue weighted by atomic mass is 35.5. The van der Waals surface area contributed by atoms with Crippen LogP contribution in [0.1, 0.15) is 41.0 Å². The molecule has 0 atom stereocenters. The van der Waals surface area contributed by atoms with Crippen LogP contribution >= 0.6 is 23.2 Å². The molecule has 0 radical (unpaired) electrons. The Morgan fingerprint density at radius 2 is 1.78 bits per heavy atom. The number of hydrogen-bond acceptors (Lipinski definition) is 2. The van der Waals surface area contributed by atoms with Crippen LogP contribution < -0.4 is 5.32 Å². The molecule has 6 heteroatoms. The van der Waals surface area contributed by atoms with Crippen LogP contribution in [0.5, 0.6) is 0 Å². The number of para-hydroxylation sites is 1. The molecule has 1 fully saturated rings. The van der Waals surface area contributed by atoms with Crippen molar-refractivity contribution < 1.29 is 4.79 Å². The molecule has 36 heavy (non-hydrogen) atoms. The summed E-state index contributed by atoms with van der Waals surface area (Å²) in [6, 6.07) is 22.3. The molecule has 5 rings (SSSR count). The summed E-state index contributed by atoms with van der Waals surface area (Å²) in [4.78, 5) is 18.2. The van der Waals surface area contributed by atoms with E-state index in [0.717, 1.165) is 30.8 Å². The molecule has 1 amide bonds. The molecule has 4 aromatic rings. The summed E-state index contributed by atoms with van der Waals surface area (Å²) in [7, 11) is 0. The highest BCUT2D eigenvalue weighted by molar-refractivity contribution is 6.42. The van der Waals surface area contributed by atoms with Gasteiger partial charge in [-0.25, -0.2) is 0 Å². The second-order valence-corrected chi connectivity index (χ2v) is 10.2. The number of fused-ring (bicyclic) bond motifs is 1. The van der Waals surface area contributed by atoms with Crippen molar-refractivity contribution >= 4 is 46.1 Å². The number of likely N-dealkylation sites (tertiary alicyclic amines) is 1. The Balaban J connectivity index is 1.11. The minimum Gasteiger partial charge on any atom is -0.361 e. The molecule has 1 saturated heterocycles. The van der Waals surface area contributed by atoms with E-state index in [0.29, 0.717) is 22.5 Å². The lowest BCUT2D eigenvalue weighted by Crippen LogP contribution is -2.32. The van der Waals surface area contributed by atoms with Crippen molar-refractivity contribution in [3.05, 3.63) is 111 Å². The zero-order valence-corrected chi connectivity index (χ0v) is 21.5. The van der Waals surface area contributed by atoms with Gasteiger partial charge in [0.15, 0.2) is 0 Å². The van der Waals surface area contributed by atoms with Gasteiger partial charge in [0.25, 0.3) is 0 Å². The summed E-state index contributed by atoms with van der Waals surface area (Å²) in [5.41, 5.74) is 5.88. The molecular weight excluding hydrogens is 489 g/mol. The van der Waals surface area contributed by atoms with E-state index in [1.807, 2.05) is 6.07 Å². The van der Waals surface area contributed by atoms with Crippen LogP contribution in [0.15, 0.2) is 79.0 Å². The molecule has 1 aliphatic rings. The Bertz CT molecular complexity index is 1390. The van der Waals surface area contributed by atoms with Crippen LogP contribution in [0.3, 0.4) is 0 Å². The molecule has 4 nitrogen and oxygen atoms in total. The predicted octanol–water partition coefficient (Wildman–Crippen LogP) is 7.18. The Morgan fingerprint density at radius 1 is 0.972 bits per heavy atom. The van der Waals surface area contributed by atoms with E-state index < -0.39 is 0 Å². The number of halogens is 2. The maximum absolute atomic E-state index is 12.3. The van der Waals surface area contributed by atoms with Crippen molar-refractivity contribution in [2.45, 2.75) is 31.8 Å². The topological polar surface area (TPSA) is 48.1 Å². The van der Waals surface area contributed by atoms with Gasteiger partial charge in [-0.2, -0.15) is 0 Å². The normalized spacial score (nSPS) is 15.1. The van der Waals surface area contributed by atoms with Crippen LogP contribution in [-0.2, 0) is 17.9 Å². The first-order chi connectivity index (χ1) is 17.5. The number of aromatic nitrogens is 1. The van der Waals surface area contributed by atoms with E-state index in [4.69, 9.17) is 23.2 Å². The average molecular weight is 518 g/mol. The maximum Gasteiger partial charge on any atom is 0.244 e. The summed E-state index contributed by atoms with van der Waals surface area (Å²) in [6.45, 7) is 3.59. The van der Waals surface area contributed by atoms with Crippen molar-refractivity contribution in [3.8, 4) is 0 Å². The van der Waals surface area contributed by atoms with Crippen molar-refractivity contribution in [2.24, 2.45) is 0 Å². The summed E-state index contributed by atoms with van der Waals surface area (Å²) in [6.07, 6.45) is 7.78. The third kappa shape index (κ3) is 6.01. The largest absolute Gasteiger partial charge is 0.361 e. The number of piperidine rings is 1. The number of rotatable bonds is 7. The predicted molar refractivity (Wildman–Crippen MR) is 149 cm³/mol. The first-order valence-corrected chi connectivity index (χ1v) is 13.1. The number of nitrogens with one attached hydrogen (secondary N) is 2. The molecule has 1 aliphatic heterocycles. The van der Waals surface area contributed by atoms with Gasteiger partial charge in [0.05, 0.1) is 10.0 Å². The number of nitrogens with zero attached hydrogens (tertiary/aromatic N) is 1. The van der Waals surface area contributed by atoms with Crippen LogP contribution in [0.4, 0.5) is 0 Å². The quantitative estimate of drug-likeness (QED) is 0.255. The monoisotopic (exact) mass is 517 g/mol. The average Bonchev–Trinajstić information content (AvgIpc) is 3.33. The number of amides is 1. The zero-order chi connectivity index (χ0) is 24.9. The summed E-state index contributed by atoms with van der Waals surface area (Å²) in [5, 5.41) is 5.29. The standard InChI is InChI=1S/C30H29Cl2N3O/c31-27-10-8-21(17-28(27)32)9-11-30(36)34-18-22-4-3-5-23(16-22)20-35-14-12-24(13-15-35)26-19-33-29-7-2-1-6-25(26)29/h1-11,16-17,19,24,33H,12-15,18,20H2,(H,34,36)/b11-9+. The van der Waals surface area contributed by atoms with Gasteiger partial charge in [-0.1, -0.05) is 71.7 Å². The second-order valence-electron chi connectivity index (χ2n) is 9.38.